The molecule has 132 valence electrons. The van der Waals surface area contributed by atoms with Crippen molar-refractivity contribution in [3.05, 3.63) is 53.9 Å². The van der Waals surface area contributed by atoms with E-state index >= 15 is 0 Å². The Bertz CT molecular complexity index is 872. The van der Waals surface area contributed by atoms with E-state index < -0.39 is 0 Å². The number of anilines is 2. The molecule has 0 saturated carbocycles. The minimum atomic E-state index is -0.0937. The molecular weight excluding hydrogens is 346 g/mol. The van der Waals surface area contributed by atoms with Crippen LogP contribution >= 0.6 is 11.3 Å². The number of thiazole rings is 1. The van der Waals surface area contributed by atoms with Gasteiger partial charge in [0.1, 0.15) is 10.8 Å². The summed E-state index contributed by atoms with van der Waals surface area (Å²) in [7, 11) is 0. The molecule has 7 heteroatoms. The minimum absolute atomic E-state index is 0.0937. The van der Waals surface area contributed by atoms with Crippen molar-refractivity contribution in [2.75, 3.05) is 23.3 Å². The van der Waals surface area contributed by atoms with Crippen molar-refractivity contribution < 1.29 is 4.79 Å². The zero-order valence-electron chi connectivity index (χ0n) is 14.3. The fraction of sp³-hybridized carbons (Fsp3) is 0.263. The zero-order valence-corrected chi connectivity index (χ0v) is 15.1. The molecule has 0 bridgehead atoms. The highest BCUT2D eigenvalue weighted by molar-refractivity contribution is 7.13. The number of pyridine rings is 2. The summed E-state index contributed by atoms with van der Waals surface area (Å²) >= 11 is 1.52. The van der Waals surface area contributed by atoms with Crippen LogP contribution in [0.1, 0.15) is 18.5 Å². The highest BCUT2D eigenvalue weighted by Crippen LogP contribution is 2.23. The van der Waals surface area contributed by atoms with Gasteiger partial charge in [0.15, 0.2) is 0 Å². The second kappa shape index (κ2) is 7.61. The fourth-order valence-corrected chi connectivity index (χ4v) is 3.78. The molecule has 0 radical (unpaired) electrons. The molecule has 1 aliphatic rings. The number of nitrogens with zero attached hydrogens (tertiary/aromatic N) is 4. The Morgan fingerprint density at radius 3 is 2.81 bits per heavy atom. The van der Waals surface area contributed by atoms with Gasteiger partial charge in [0, 0.05) is 36.4 Å². The maximum absolute atomic E-state index is 12.3. The third kappa shape index (κ3) is 3.88. The standard InChI is InChI=1S/C19H19N5OS/c25-18(10-16-13-26-19(23-16)14-4-3-7-20-11-14)22-15-5-6-17(21-12-15)24-8-1-2-9-24/h3-7,11-13H,1-2,8-10H2,(H,22,25). The maximum atomic E-state index is 12.3. The lowest BCUT2D eigenvalue weighted by molar-refractivity contribution is -0.115. The van der Waals surface area contributed by atoms with Crippen LogP contribution in [0.4, 0.5) is 11.5 Å². The molecule has 1 fully saturated rings. The number of hydrogen-bond donors (Lipinski definition) is 1. The first-order chi connectivity index (χ1) is 12.8. The third-order valence-corrected chi connectivity index (χ3v) is 5.20. The number of nitrogens with one attached hydrogen (secondary N) is 1. The van der Waals surface area contributed by atoms with Crippen LogP contribution < -0.4 is 10.2 Å². The third-order valence-electron chi connectivity index (χ3n) is 4.26. The van der Waals surface area contributed by atoms with Gasteiger partial charge in [-0.05, 0) is 37.1 Å². The topological polar surface area (TPSA) is 71.0 Å². The Hall–Kier alpha value is -2.80. The summed E-state index contributed by atoms with van der Waals surface area (Å²) in [5.41, 5.74) is 2.43. The van der Waals surface area contributed by atoms with Gasteiger partial charge in [-0.1, -0.05) is 0 Å². The van der Waals surface area contributed by atoms with E-state index in [-0.39, 0.29) is 12.3 Å². The monoisotopic (exact) mass is 365 g/mol. The summed E-state index contributed by atoms with van der Waals surface area (Å²) in [5, 5.41) is 5.68. The van der Waals surface area contributed by atoms with E-state index in [1.807, 2.05) is 29.6 Å². The molecule has 1 aliphatic heterocycles. The number of hydrogen-bond acceptors (Lipinski definition) is 6. The smallest absolute Gasteiger partial charge is 0.230 e. The van der Waals surface area contributed by atoms with Gasteiger partial charge in [-0.2, -0.15) is 0 Å². The highest BCUT2D eigenvalue weighted by atomic mass is 32.1. The number of aromatic nitrogens is 3. The van der Waals surface area contributed by atoms with Gasteiger partial charge in [-0.25, -0.2) is 9.97 Å². The number of rotatable bonds is 5. The van der Waals surface area contributed by atoms with Crippen LogP contribution in [0, 0.1) is 0 Å². The first-order valence-corrected chi connectivity index (χ1v) is 9.51. The predicted octanol–water partition coefficient (Wildman–Crippen LogP) is 3.38. The summed E-state index contributed by atoms with van der Waals surface area (Å²) in [4.78, 5) is 27.6. The van der Waals surface area contributed by atoms with Crippen molar-refractivity contribution >= 4 is 28.7 Å². The van der Waals surface area contributed by atoms with Gasteiger partial charge in [-0.3, -0.25) is 9.78 Å². The SMILES string of the molecule is O=C(Cc1csc(-c2cccnc2)n1)Nc1ccc(N2CCCC2)nc1. The fourth-order valence-electron chi connectivity index (χ4n) is 2.97. The molecule has 0 atom stereocenters. The van der Waals surface area contributed by atoms with Crippen LogP contribution in [-0.2, 0) is 11.2 Å². The molecule has 0 aliphatic carbocycles. The largest absolute Gasteiger partial charge is 0.357 e. The van der Waals surface area contributed by atoms with Crippen molar-refractivity contribution in [3.63, 3.8) is 0 Å². The summed E-state index contributed by atoms with van der Waals surface area (Å²) in [6.07, 6.45) is 7.90. The lowest BCUT2D eigenvalue weighted by Crippen LogP contribution is -2.19. The van der Waals surface area contributed by atoms with E-state index in [1.54, 1.807) is 18.6 Å². The first kappa shape index (κ1) is 16.7. The Labute approximate surface area is 155 Å². The van der Waals surface area contributed by atoms with Gasteiger partial charge in [0.2, 0.25) is 5.91 Å². The van der Waals surface area contributed by atoms with Crippen LogP contribution in [-0.4, -0.2) is 33.9 Å². The average molecular weight is 365 g/mol. The normalized spacial score (nSPS) is 13.8. The van der Waals surface area contributed by atoms with Gasteiger partial charge in [0.25, 0.3) is 0 Å². The molecule has 1 N–H and O–H groups in total. The molecule has 1 saturated heterocycles. The van der Waals surface area contributed by atoms with Crippen molar-refractivity contribution in [1.29, 1.82) is 0 Å². The summed E-state index contributed by atoms with van der Waals surface area (Å²) < 4.78 is 0. The van der Waals surface area contributed by atoms with E-state index in [0.29, 0.717) is 5.69 Å². The van der Waals surface area contributed by atoms with Crippen molar-refractivity contribution in [2.45, 2.75) is 19.3 Å². The summed E-state index contributed by atoms with van der Waals surface area (Å²) in [6.45, 7) is 2.11. The Balaban J connectivity index is 1.36. The molecular formula is C19H19N5OS. The van der Waals surface area contributed by atoms with E-state index in [9.17, 15) is 4.79 Å². The molecule has 0 unspecified atom stereocenters. The summed E-state index contributed by atoms with van der Waals surface area (Å²) in [5.74, 6) is 0.880. The van der Waals surface area contributed by atoms with Crippen LogP contribution in [0.15, 0.2) is 48.2 Å². The van der Waals surface area contributed by atoms with Crippen LogP contribution in [0.5, 0.6) is 0 Å². The number of carbonyl (C=O) groups excluding carboxylic acids is 1. The average Bonchev–Trinajstić information content (AvgIpc) is 3.35. The number of amides is 1. The second-order valence-corrected chi connectivity index (χ2v) is 7.07. The second-order valence-electron chi connectivity index (χ2n) is 6.21. The van der Waals surface area contributed by atoms with Gasteiger partial charge in [-0.15, -0.1) is 11.3 Å². The molecule has 3 aromatic heterocycles. The highest BCUT2D eigenvalue weighted by Gasteiger charge is 2.14. The van der Waals surface area contributed by atoms with Gasteiger partial charge >= 0.3 is 0 Å². The Morgan fingerprint density at radius 1 is 1.19 bits per heavy atom. The maximum Gasteiger partial charge on any atom is 0.230 e. The lowest BCUT2D eigenvalue weighted by Gasteiger charge is -2.16. The molecule has 4 rings (SSSR count). The van der Waals surface area contributed by atoms with E-state index in [4.69, 9.17) is 0 Å². The minimum Gasteiger partial charge on any atom is -0.357 e. The first-order valence-electron chi connectivity index (χ1n) is 8.63. The van der Waals surface area contributed by atoms with Crippen molar-refractivity contribution in [1.82, 2.24) is 15.0 Å². The molecule has 4 heterocycles. The van der Waals surface area contributed by atoms with Crippen LogP contribution in [0.3, 0.4) is 0 Å². The Kier molecular flexibility index (Phi) is 4.88. The van der Waals surface area contributed by atoms with Crippen LogP contribution in [0.2, 0.25) is 0 Å². The van der Waals surface area contributed by atoms with E-state index in [1.165, 1.54) is 24.2 Å². The van der Waals surface area contributed by atoms with Crippen molar-refractivity contribution in [2.24, 2.45) is 0 Å². The number of carbonyl (C=O) groups is 1. The molecule has 0 aromatic carbocycles. The Morgan fingerprint density at radius 2 is 2.08 bits per heavy atom. The molecule has 6 nitrogen and oxygen atoms in total. The molecule has 3 aromatic rings. The summed E-state index contributed by atoms with van der Waals surface area (Å²) in [6, 6.07) is 7.70. The molecule has 26 heavy (non-hydrogen) atoms. The quantitative estimate of drug-likeness (QED) is 0.750. The molecule has 1 amide bonds. The van der Waals surface area contributed by atoms with Crippen molar-refractivity contribution in [3.8, 4) is 10.6 Å². The molecule has 0 spiro atoms. The van der Waals surface area contributed by atoms with Gasteiger partial charge < -0.3 is 10.2 Å². The van der Waals surface area contributed by atoms with E-state index in [2.05, 4.69) is 25.2 Å². The van der Waals surface area contributed by atoms with Gasteiger partial charge in [0.05, 0.1) is 24.0 Å². The lowest BCUT2D eigenvalue weighted by atomic mass is 10.3. The van der Waals surface area contributed by atoms with E-state index in [0.717, 1.165) is 35.2 Å². The zero-order chi connectivity index (χ0) is 17.8. The van der Waals surface area contributed by atoms with Crippen LogP contribution in [0.25, 0.3) is 10.6 Å². The predicted molar refractivity (Wildman–Crippen MR) is 103 cm³/mol.